The first-order valence-electron chi connectivity index (χ1n) is 4.96. The van der Waals surface area contributed by atoms with Gasteiger partial charge in [0.25, 0.3) is 5.92 Å². The zero-order valence-corrected chi connectivity index (χ0v) is 8.99. The van der Waals surface area contributed by atoms with Crippen molar-refractivity contribution < 1.29 is 23.8 Å². The van der Waals surface area contributed by atoms with Crippen LogP contribution in [0.2, 0.25) is 0 Å². The highest BCUT2D eigenvalue weighted by Crippen LogP contribution is 2.10. The van der Waals surface area contributed by atoms with E-state index in [0.717, 1.165) is 0 Å². The lowest BCUT2D eigenvalue weighted by Crippen LogP contribution is -2.35. The van der Waals surface area contributed by atoms with Crippen LogP contribution in [-0.4, -0.2) is 35.3 Å². The van der Waals surface area contributed by atoms with E-state index >= 15 is 0 Å². The van der Waals surface area contributed by atoms with Crippen molar-refractivity contribution in [1.29, 1.82) is 0 Å². The molecule has 1 aromatic carbocycles. The molecule has 0 amide bonds. The molecule has 0 aliphatic carbocycles. The number of carbonyl (C=O) groups is 1. The summed E-state index contributed by atoms with van der Waals surface area (Å²) < 4.78 is 25.3. The number of carboxylic acid groups (broad SMARTS) is 1. The van der Waals surface area contributed by atoms with Gasteiger partial charge in [0.05, 0.1) is 12.1 Å². The van der Waals surface area contributed by atoms with Crippen molar-refractivity contribution in [2.24, 2.45) is 0 Å². The molecule has 6 heteroatoms. The molecule has 0 saturated carbocycles. The first-order valence-corrected chi connectivity index (χ1v) is 4.96. The van der Waals surface area contributed by atoms with Crippen molar-refractivity contribution in [3.05, 3.63) is 35.4 Å². The molecular formula is C11H13F2NO3. The lowest BCUT2D eigenvalue weighted by molar-refractivity contribution is -0.0477. The van der Waals surface area contributed by atoms with E-state index in [2.05, 4.69) is 5.32 Å². The molecule has 0 heterocycles. The van der Waals surface area contributed by atoms with Crippen LogP contribution < -0.4 is 5.32 Å². The van der Waals surface area contributed by atoms with Crippen molar-refractivity contribution in [2.75, 3.05) is 13.2 Å². The zero-order chi connectivity index (χ0) is 12.9. The molecular weight excluding hydrogens is 232 g/mol. The van der Waals surface area contributed by atoms with E-state index in [9.17, 15) is 13.6 Å². The van der Waals surface area contributed by atoms with Crippen LogP contribution in [-0.2, 0) is 6.54 Å². The topological polar surface area (TPSA) is 69.6 Å². The van der Waals surface area contributed by atoms with E-state index in [1.807, 2.05) is 0 Å². The molecule has 1 rings (SSSR count). The van der Waals surface area contributed by atoms with Crippen molar-refractivity contribution in [1.82, 2.24) is 5.32 Å². The fraction of sp³-hybridized carbons (Fsp3) is 0.364. The smallest absolute Gasteiger partial charge is 0.335 e. The average Bonchev–Trinajstić information content (AvgIpc) is 2.29. The molecule has 0 saturated heterocycles. The first kappa shape index (κ1) is 13.5. The predicted octanol–water partition coefficient (Wildman–Crippen LogP) is 1.10. The van der Waals surface area contributed by atoms with E-state index in [1.165, 1.54) is 12.1 Å². The molecule has 0 aliphatic heterocycles. The van der Waals surface area contributed by atoms with Crippen LogP contribution in [0.3, 0.4) is 0 Å². The largest absolute Gasteiger partial charge is 0.478 e. The van der Waals surface area contributed by atoms with Gasteiger partial charge in [0.15, 0.2) is 0 Å². The second-order valence-corrected chi connectivity index (χ2v) is 3.62. The minimum absolute atomic E-state index is 0.148. The van der Waals surface area contributed by atoms with Gasteiger partial charge in [-0.1, -0.05) is 12.1 Å². The number of hydrogen-bond donors (Lipinski definition) is 3. The maximum atomic E-state index is 12.6. The van der Waals surface area contributed by atoms with E-state index in [4.69, 9.17) is 10.2 Å². The summed E-state index contributed by atoms with van der Waals surface area (Å²) in [7, 11) is 0. The van der Waals surface area contributed by atoms with Crippen LogP contribution in [0.25, 0.3) is 0 Å². The second-order valence-electron chi connectivity index (χ2n) is 3.62. The van der Waals surface area contributed by atoms with Crippen molar-refractivity contribution in [3.8, 4) is 0 Å². The standard InChI is InChI=1S/C11H13F2NO3/c12-11(13,7-15)6-14-5-8-1-3-9(4-2-8)10(16)17/h1-4,14-15H,5-7H2,(H,16,17). The Bertz CT molecular complexity index is 379. The van der Waals surface area contributed by atoms with Crippen LogP contribution in [0.15, 0.2) is 24.3 Å². The van der Waals surface area contributed by atoms with Crippen molar-refractivity contribution in [3.63, 3.8) is 0 Å². The molecule has 0 fully saturated rings. The maximum Gasteiger partial charge on any atom is 0.335 e. The first-order chi connectivity index (χ1) is 7.94. The molecule has 1 aromatic rings. The number of rotatable bonds is 6. The van der Waals surface area contributed by atoms with Gasteiger partial charge in [0.1, 0.15) is 6.61 Å². The van der Waals surface area contributed by atoms with Crippen molar-refractivity contribution in [2.45, 2.75) is 12.5 Å². The predicted molar refractivity (Wildman–Crippen MR) is 57.1 cm³/mol. The van der Waals surface area contributed by atoms with Gasteiger partial charge < -0.3 is 15.5 Å². The molecule has 0 aromatic heterocycles. The maximum absolute atomic E-state index is 12.6. The molecule has 4 nitrogen and oxygen atoms in total. The third kappa shape index (κ3) is 4.46. The van der Waals surface area contributed by atoms with Crippen LogP contribution in [0.4, 0.5) is 8.78 Å². The number of aliphatic hydroxyl groups is 1. The van der Waals surface area contributed by atoms with Crippen LogP contribution in [0.1, 0.15) is 15.9 Å². The molecule has 3 N–H and O–H groups in total. The van der Waals surface area contributed by atoms with Crippen LogP contribution in [0, 0.1) is 0 Å². The molecule has 0 bridgehead atoms. The Hall–Kier alpha value is -1.53. The number of nitrogens with one attached hydrogen (secondary N) is 1. The summed E-state index contributed by atoms with van der Waals surface area (Å²) in [5.41, 5.74) is 0.846. The lowest BCUT2D eigenvalue weighted by Gasteiger charge is -2.13. The number of benzene rings is 1. The number of carboxylic acids is 1. The van der Waals surface area contributed by atoms with Gasteiger partial charge in [-0.25, -0.2) is 13.6 Å². The molecule has 0 spiro atoms. The van der Waals surface area contributed by atoms with E-state index in [0.29, 0.717) is 5.56 Å². The second kappa shape index (κ2) is 5.70. The van der Waals surface area contributed by atoms with Gasteiger partial charge in [-0.05, 0) is 17.7 Å². The highest BCUT2D eigenvalue weighted by molar-refractivity contribution is 5.87. The Morgan fingerprint density at radius 1 is 1.29 bits per heavy atom. The number of halogens is 2. The lowest BCUT2D eigenvalue weighted by atomic mass is 10.1. The normalized spacial score (nSPS) is 11.5. The summed E-state index contributed by atoms with van der Waals surface area (Å²) in [6.07, 6.45) is 0. The summed E-state index contributed by atoms with van der Waals surface area (Å²) in [5.74, 6) is -4.17. The van der Waals surface area contributed by atoms with Gasteiger partial charge in [0, 0.05) is 6.54 Å². The Balaban J connectivity index is 2.45. The fourth-order valence-corrected chi connectivity index (χ4v) is 1.21. The Labute approximate surface area is 96.9 Å². The van der Waals surface area contributed by atoms with Gasteiger partial charge in [-0.15, -0.1) is 0 Å². The number of hydrogen-bond acceptors (Lipinski definition) is 3. The number of aliphatic hydroxyl groups excluding tert-OH is 1. The minimum Gasteiger partial charge on any atom is -0.478 e. The Morgan fingerprint density at radius 3 is 2.35 bits per heavy atom. The number of alkyl halides is 2. The summed E-state index contributed by atoms with van der Waals surface area (Å²) in [6.45, 7) is -1.63. The molecule has 17 heavy (non-hydrogen) atoms. The highest BCUT2D eigenvalue weighted by Gasteiger charge is 2.26. The van der Waals surface area contributed by atoms with Crippen LogP contribution in [0.5, 0.6) is 0 Å². The summed E-state index contributed by atoms with van der Waals surface area (Å²) in [4.78, 5) is 10.6. The molecule has 0 radical (unpaired) electrons. The molecule has 94 valence electrons. The van der Waals surface area contributed by atoms with Gasteiger partial charge >= 0.3 is 5.97 Å². The summed E-state index contributed by atoms with van der Waals surface area (Å²) in [5, 5.41) is 19.5. The SMILES string of the molecule is O=C(O)c1ccc(CNCC(F)(F)CO)cc1. The average molecular weight is 245 g/mol. The van der Waals surface area contributed by atoms with E-state index < -0.39 is 25.0 Å². The fourth-order valence-electron chi connectivity index (χ4n) is 1.21. The quantitative estimate of drug-likeness (QED) is 0.702. The summed E-state index contributed by atoms with van der Waals surface area (Å²) >= 11 is 0. The molecule has 0 aliphatic rings. The zero-order valence-electron chi connectivity index (χ0n) is 8.99. The highest BCUT2D eigenvalue weighted by atomic mass is 19.3. The van der Waals surface area contributed by atoms with Gasteiger partial charge in [-0.3, -0.25) is 0 Å². The molecule has 0 atom stereocenters. The number of aromatic carboxylic acids is 1. The minimum atomic E-state index is -3.14. The van der Waals surface area contributed by atoms with E-state index in [1.54, 1.807) is 12.1 Å². The third-order valence-corrected chi connectivity index (χ3v) is 2.14. The molecule has 0 unspecified atom stereocenters. The Morgan fingerprint density at radius 2 is 1.88 bits per heavy atom. The third-order valence-electron chi connectivity index (χ3n) is 2.14. The summed E-state index contributed by atoms with van der Waals surface area (Å²) in [6, 6.07) is 5.91. The monoisotopic (exact) mass is 245 g/mol. The van der Waals surface area contributed by atoms with Crippen LogP contribution >= 0.6 is 0 Å². The van der Waals surface area contributed by atoms with E-state index in [-0.39, 0.29) is 12.1 Å². The Kier molecular flexibility index (Phi) is 4.53. The van der Waals surface area contributed by atoms with Gasteiger partial charge in [-0.2, -0.15) is 0 Å². The van der Waals surface area contributed by atoms with Gasteiger partial charge in [0.2, 0.25) is 0 Å². The van der Waals surface area contributed by atoms with Crippen molar-refractivity contribution >= 4 is 5.97 Å².